The number of anilines is 1. The van der Waals surface area contributed by atoms with Gasteiger partial charge in [-0.3, -0.25) is 10.1 Å². The van der Waals surface area contributed by atoms with Crippen LogP contribution in [0, 0.1) is 13.8 Å². The molecule has 1 heterocycles. The molecule has 0 aliphatic heterocycles. The number of nitrogens with zero attached hydrogens (tertiary/aromatic N) is 2. The lowest BCUT2D eigenvalue weighted by molar-refractivity contribution is 0.0981. The van der Waals surface area contributed by atoms with Gasteiger partial charge in [0.15, 0.2) is 5.11 Å². The van der Waals surface area contributed by atoms with Crippen LogP contribution in [-0.2, 0) is 0 Å². The number of amides is 1. The van der Waals surface area contributed by atoms with E-state index in [9.17, 15) is 4.79 Å². The van der Waals surface area contributed by atoms with E-state index in [0.29, 0.717) is 16.3 Å². The molecule has 7 heteroatoms. The predicted octanol–water partition coefficient (Wildman–Crippen LogP) is 5.91. The molecule has 5 nitrogen and oxygen atoms in total. The molecule has 3 aromatic rings. The Morgan fingerprint density at radius 2 is 1.74 bits per heavy atom. The number of hydrogen-bond donors (Lipinski definition) is 2. The lowest BCUT2D eigenvalue weighted by atomic mass is 10.2. The minimum absolute atomic E-state index is 0.212. The number of thiocarbonyl (C=S) groups is 1. The van der Waals surface area contributed by atoms with Crippen LogP contribution in [-0.4, -0.2) is 11.0 Å². The summed E-state index contributed by atoms with van der Waals surface area (Å²) in [5.74, 6) is -0.238. The fourth-order valence-electron chi connectivity index (χ4n) is 2.28. The second kappa shape index (κ2) is 8.66. The molecule has 0 aliphatic rings. The van der Waals surface area contributed by atoms with Gasteiger partial charge in [-0.1, -0.05) is 29.8 Å². The normalized spacial score (nSPS) is 10.7. The highest BCUT2D eigenvalue weighted by molar-refractivity contribution is 7.80. The molecule has 27 heavy (non-hydrogen) atoms. The Bertz CT molecular complexity index is 980. The van der Waals surface area contributed by atoms with Crippen molar-refractivity contribution in [1.82, 2.24) is 5.32 Å². The summed E-state index contributed by atoms with van der Waals surface area (Å²) in [6.07, 6.45) is 0. The van der Waals surface area contributed by atoms with Gasteiger partial charge in [-0.25, -0.2) is 0 Å². The maximum atomic E-state index is 12.1. The van der Waals surface area contributed by atoms with E-state index in [1.54, 1.807) is 6.07 Å². The molecule has 1 aromatic heterocycles. The van der Waals surface area contributed by atoms with E-state index in [4.69, 9.17) is 12.2 Å². The van der Waals surface area contributed by atoms with Gasteiger partial charge < -0.3 is 5.32 Å². The van der Waals surface area contributed by atoms with Crippen molar-refractivity contribution in [3.8, 4) is 0 Å². The van der Waals surface area contributed by atoms with Crippen LogP contribution in [0.5, 0.6) is 0 Å². The van der Waals surface area contributed by atoms with E-state index in [1.165, 1.54) is 16.9 Å². The summed E-state index contributed by atoms with van der Waals surface area (Å²) in [5, 5.41) is 16.4. The molecular formula is C20H18N4OS2. The van der Waals surface area contributed by atoms with E-state index in [1.807, 2.05) is 67.8 Å². The van der Waals surface area contributed by atoms with E-state index in [-0.39, 0.29) is 11.0 Å². The van der Waals surface area contributed by atoms with Gasteiger partial charge >= 0.3 is 0 Å². The molecule has 1 amide bonds. The first kappa shape index (κ1) is 18.9. The van der Waals surface area contributed by atoms with Gasteiger partial charge in [-0.15, -0.1) is 16.5 Å². The molecule has 0 atom stereocenters. The van der Waals surface area contributed by atoms with Gasteiger partial charge in [-0.2, -0.15) is 5.11 Å². The Kier molecular flexibility index (Phi) is 6.05. The second-order valence-corrected chi connectivity index (χ2v) is 7.30. The van der Waals surface area contributed by atoms with Gasteiger partial charge in [0.2, 0.25) is 0 Å². The fourth-order valence-corrected chi connectivity index (χ4v) is 3.10. The summed E-state index contributed by atoms with van der Waals surface area (Å²) < 4.78 is 0. The van der Waals surface area contributed by atoms with Crippen LogP contribution in [0.3, 0.4) is 0 Å². The molecule has 0 fully saturated rings. The molecular weight excluding hydrogens is 376 g/mol. The molecule has 0 spiro atoms. The Balaban J connectivity index is 1.74. The van der Waals surface area contributed by atoms with Gasteiger partial charge in [0.1, 0.15) is 5.69 Å². The first-order valence-electron chi connectivity index (χ1n) is 8.26. The smallest absolute Gasteiger partial charge is 0.267 e. The second-order valence-electron chi connectivity index (χ2n) is 5.94. The summed E-state index contributed by atoms with van der Waals surface area (Å²) in [5.41, 5.74) is 4.29. The van der Waals surface area contributed by atoms with Crippen molar-refractivity contribution in [3.63, 3.8) is 0 Å². The van der Waals surface area contributed by atoms with Crippen molar-refractivity contribution in [2.75, 3.05) is 5.32 Å². The molecule has 0 unspecified atom stereocenters. The lowest BCUT2D eigenvalue weighted by Gasteiger charge is -2.11. The summed E-state index contributed by atoms with van der Waals surface area (Å²) in [4.78, 5) is 12.7. The van der Waals surface area contributed by atoms with Crippen molar-refractivity contribution < 1.29 is 4.79 Å². The third-order valence-corrected chi connectivity index (χ3v) is 4.75. The molecule has 3 rings (SSSR count). The Labute approximate surface area is 167 Å². The van der Waals surface area contributed by atoms with E-state index >= 15 is 0 Å². The number of benzene rings is 2. The number of carbonyl (C=O) groups is 1. The Morgan fingerprint density at radius 1 is 1.00 bits per heavy atom. The lowest BCUT2D eigenvalue weighted by Crippen LogP contribution is -2.33. The van der Waals surface area contributed by atoms with Crippen LogP contribution in [0.4, 0.5) is 17.1 Å². The fraction of sp³-hybridized carbons (Fsp3) is 0.100. The topological polar surface area (TPSA) is 65.8 Å². The van der Waals surface area contributed by atoms with Crippen LogP contribution in [0.2, 0.25) is 0 Å². The molecule has 0 bridgehead atoms. The molecule has 0 radical (unpaired) electrons. The van der Waals surface area contributed by atoms with Gasteiger partial charge in [-0.05, 0) is 67.3 Å². The van der Waals surface area contributed by atoms with Crippen LogP contribution in [0.1, 0.15) is 20.8 Å². The number of hydrogen-bond acceptors (Lipinski definition) is 5. The number of nitrogens with one attached hydrogen (secondary N) is 2. The number of thiophene rings is 1. The average molecular weight is 395 g/mol. The van der Waals surface area contributed by atoms with Gasteiger partial charge in [0.05, 0.1) is 16.3 Å². The maximum absolute atomic E-state index is 12.1. The van der Waals surface area contributed by atoms with Crippen LogP contribution in [0.15, 0.2) is 70.2 Å². The van der Waals surface area contributed by atoms with Crippen LogP contribution < -0.4 is 10.6 Å². The number of aryl methyl sites for hydroxylation is 2. The largest absolute Gasteiger partial charge is 0.331 e. The van der Waals surface area contributed by atoms with E-state index in [0.717, 1.165) is 11.3 Å². The summed E-state index contributed by atoms with van der Waals surface area (Å²) in [6, 6.07) is 17.1. The predicted molar refractivity (Wildman–Crippen MR) is 115 cm³/mol. The van der Waals surface area contributed by atoms with Crippen LogP contribution >= 0.6 is 23.6 Å². The standard InChI is InChI=1S/C20H18N4OS2/c1-13-5-8-15(9-6-13)23-24-17-12-14(2)7-10-16(17)21-20(26)22-19(25)18-4-3-11-27-18/h3-12H,1-2H3,(H2,21,22,25,26). The highest BCUT2D eigenvalue weighted by Gasteiger charge is 2.10. The SMILES string of the molecule is Cc1ccc(N=Nc2cc(C)ccc2NC(=S)NC(=O)c2cccs2)cc1. The zero-order chi connectivity index (χ0) is 19.2. The molecule has 2 aromatic carbocycles. The van der Waals surface area contributed by atoms with E-state index in [2.05, 4.69) is 20.9 Å². The zero-order valence-electron chi connectivity index (χ0n) is 14.9. The van der Waals surface area contributed by atoms with E-state index < -0.39 is 0 Å². The summed E-state index contributed by atoms with van der Waals surface area (Å²) >= 11 is 6.62. The Hall–Kier alpha value is -2.90. The van der Waals surface area contributed by atoms with Crippen molar-refractivity contribution in [3.05, 3.63) is 76.0 Å². The minimum atomic E-state index is -0.238. The maximum Gasteiger partial charge on any atom is 0.267 e. The minimum Gasteiger partial charge on any atom is -0.331 e. The van der Waals surface area contributed by atoms with Crippen molar-refractivity contribution in [1.29, 1.82) is 0 Å². The first-order valence-corrected chi connectivity index (χ1v) is 9.55. The molecule has 0 saturated heterocycles. The molecule has 0 saturated carbocycles. The van der Waals surface area contributed by atoms with Gasteiger partial charge in [0, 0.05) is 0 Å². The number of carbonyl (C=O) groups excluding carboxylic acids is 1. The molecule has 136 valence electrons. The number of rotatable bonds is 4. The molecule has 2 N–H and O–H groups in total. The van der Waals surface area contributed by atoms with Crippen molar-refractivity contribution >= 4 is 51.6 Å². The van der Waals surface area contributed by atoms with Crippen molar-refractivity contribution in [2.45, 2.75) is 13.8 Å². The van der Waals surface area contributed by atoms with Crippen LogP contribution in [0.25, 0.3) is 0 Å². The summed E-state index contributed by atoms with van der Waals surface area (Å²) in [6.45, 7) is 4.00. The highest BCUT2D eigenvalue weighted by Crippen LogP contribution is 2.28. The highest BCUT2D eigenvalue weighted by atomic mass is 32.1. The van der Waals surface area contributed by atoms with Gasteiger partial charge in [0.25, 0.3) is 5.91 Å². The zero-order valence-corrected chi connectivity index (χ0v) is 16.5. The number of azo groups is 1. The average Bonchev–Trinajstić information content (AvgIpc) is 3.18. The Morgan fingerprint density at radius 3 is 2.44 bits per heavy atom. The monoisotopic (exact) mass is 394 g/mol. The quantitative estimate of drug-likeness (QED) is 0.427. The summed E-state index contributed by atoms with van der Waals surface area (Å²) in [7, 11) is 0. The third-order valence-electron chi connectivity index (χ3n) is 3.68. The first-order chi connectivity index (χ1) is 13.0. The third kappa shape index (κ3) is 5.29. The van der Waals surface area contributed by atoms with Crippen molar-refractivity contribution in [2.24, 2.45) is 10.2 Å². The molecule has 0 aliphatic carbocycles.